The van der Waals surface area contributed by atoms with E-state index in [4.69, 9.17) is 14.2 Å². The predicted molar refractivity (Wildman–Crippen MR) is 113 cm³/mol. The Bertz CT molecular complexity index is 1010. The Morgan fingerprint density at radius 1 is 1.10 bits per heavy atom. The maximum Gasteiger partial charge on any atom is 0.247 e. The maximum absolute atomic E-state index is 13.0. The third-order valence-corrected chi connectivity index (χ3v) is 5.47. The Morgan fingerprint density at radius 3 is 2.79 bits per heavy atom. The number of nitrogens with zero attached hydrogens (tertiary/aromatic N) is 1. The van der Waals surface area contributed by atoms with E-state index in [-0.39, 0.29) is 12.7 Å². The summed E-state index contributed by atoms with van der Waals surface area (Å²) in [7, 11) is 1.64. The number of amides is 1. The van der Waals surface area contributed by atoms with Crippen molar-refractivity contribution in [3.8, 4) is 17.2 Å². The molecule has 1 aliphatic rings. The van der Waals surface area contributed by atoms with Crippen LogP contribution < -0.4 is 14.2 Å². The average molecular weight is 407 g/mol. The number of ether oxygens (including phenoxy) is 3. The van der Waals surface area contributed by atoms with Gasteiger partial charge in [0.2, 0.25) is 12.7 Å². The van der Waals surface area contributed by atoms with Crippen molar-refractivity contribution >= 4 is 23.3 Å². The zero-order chi connectivity index (χ0) is 20.1. The summed E-state index contributed by atoms with van der Waals surface area (Å²) in [5.41, 5.74) is 1.85. The Balaban J connectivity index is 1.54. The fraction of sp³-hybridized carbons (Fsp3) is 0.174. The minimum Gasteiger partial charge on any atom is -0.496 e. The van der Waals surface area contributed by atoms with Gasteiger partial charge < -0.3 is 19.1 Å². The average Bonchev–Trinajstić information content (AvgIpc) is 3.43. The summed E-state index contributed by atoms with van der Waals surface area (Å²) in [5.74, 6) is 2.13. The second-order valence-corrected chi connectivity index (χ2v) is 7.56. The molecule has 0 saturated heterocycles. The third kappa shape index (κ3) is 4.60. The van der Waals surface area contributed by atoms with E-state index in [0.29, 0.717) is 18.8 Å². The molecule has 0 saturated carbocycles. The normalized spacial score (nSPS) is 12.3. The van der Waals surface area contributed by atoms with E-state index in [9.17, 15) is 4.79 Å². The molecule has 0 fully saturated rings. The summed E-state index contributed by atoms with van der Waals surface area (Å²) in [6.45, 7) is 1.24. The van der Waals surface area contributed by atoms with Crippen molar-refractivity contribution in [2.45, 2.75) is 13.1 Å². The van der Waals surface area contributed by atoms with Crippen molar-refractivity contribution in [3.63, 3.8) is 0 Å². The summed E-state index contributed by atoms with van der Waals surface area (Å²) in [5, 5.41) is 2.02. The first-order valence-electron chi connectivity index (χ1n) is 9.24. The number of methoxy groups -OCH3 is 1. The quantitative estimate of drug-likeness (QED) is 0.532. The van der Waals surface area contributed by atoms with Gasteiger partial charge >= 0.3 is 0 Å². The van der Waals surface area contributed by atoms with Crippen LogP contribution >= 0.6 is 11.3 Å². The van der Waals surface area contributed by atoms with Crippen LogP contribution in [0, 0.1) is 0 Å². The monoisotopic (exact) mass is 407 g/mol. The highest BCUT2D eigenvalue weighted by Crippen LogP contribution is 2.32. The predicted octanol–water partition coefficient (Wildman–Crippen LogP) is 4.73. The number of carbonyl (C=O) groups excluding carboxylic acids is 1. The Kier molecular flexibility index (Phi) is 5.81. The zero-order valence-electron chi connectivity index (χ0n) is 16.0. The highest BCUT2D eigenvalue weighted by Gasteiger charge is 2.16. The highest BCUT2D eigenvalue weighted by molar-refractivity contribution is 7.09. The standard InChI is InChI=1S/C23H21NO4S/c1-26-20-7-3-2-5-18(20)14-24(15-19-6-4-12-29-19)23(25)11-9-17-8-10-21-22(13-17)28-16-27-21/h2-13H,14-16H2,1H3/b11-9+. The molecule has 6 heteroatoms. The minimum absolute atomic E-state index is 0.0676. The molecular formula is C23H21NO4S. The van der Waals surface area contributed by atoms with Crippen LogP contribution in [-0.2, 0) is 17.9 Å². The number of para-hydroxylation sites is 1. The van der Waals surface area contributed by atoms with Crippen molar-refractivity contribution in [3.05, 3.63) is 82.1 Å². The number of hydrogen-bond acceptors (Lipinski definition) is 5. The number of hydrogen-bond donors (Lipinski definition) is 0. The SMILES string of the molecule is COc1ccccc1CN(Cc1cccs1)C(=O)/C=C/c1ccc2c(c1)OCO2. The van der Waals surface area contributed by atoms with Crippen LogP contribution in [0.1, 0.15) is 16.0 Å². The van der Waals surface area contributed by atoms with Gasteiger partial charge in [-0.25, -0.2) is 0 Å². The van der Waals surface area contributed by atoms with Crippen LogP contribution in [0.15, 0.2) is 66.1 Å². The van der Waals surface area contributed by atoms with Crippen molar-refractivity contribution in [1.29, 1.82) is 0 Å². The maximum atomic E-state index is 13.0. The topological polar surface area (TPSA) is 48.0 Å². The molecule has 5 nitrogen and oxygen atoms in total. The van der Waals surface area contributed by atoms with Gasteiger partial charge in [0.15, 0.2) is 11.5 Å². The van der Waals surface area contributed by atoms with Crippen LogP contribution in [-0.4, -0.2) is 24.7 Å². The first kappa shape index (κ1) is 19.1. The highest BCUT2D eigenvalue weighted by atomic mass is 32.1. The van der Waals surface area contributed by atoms with E-state index in [2.05, 4.69) is 0 Å². The Labute approximate surface area is 173 Å². The Hall–Kier alpha value is -3.25. The van der Waals surface area contributed by atoms with Gasteiger partial charge in [0.1, 0.15) is 5.75 Å². The van der Waals surface area contributed by atoms with Crippen LogP contribution in [0.3, 0.4) is 0 Å². The molecule has 1 aliphatic heterocycles. The summed E-state index contributed by atoms with van der Waals surface area (Å²) >= 11 is 1.64. The smallest absolute Gasteiger partial charge is 0.247 e. The molecule has 0 N–H and O–H groups in total. The third-order valence-electron chi connectivity index (χ3n) is 4.61. The van der Waals surface area contributed by atoms with Gasteiger partial charge in [-0.05, 0) is 41.3 Å². The number of carbonyl (C=O) groups is 1. The Morgan fingerprint density at radius 2 is 1.97 bits per heavy atom. The lowest BCUT2D eigenvalue weighted by Gasteiger charge is -2.22. The van der Waals surface area contributed by atoms with E-state index in [1.807, 2.05) is 64.9 Å². The lowest BCUT2D eigenvalue weighted by Crippen LogP contribution is -2.28. The van der Waals surface area contributed by atoms with Gasteiger partial charge in [0.05, 0.1) is 13.7 Å². The summed E-state index contributed by atoms with van der Waals surface area (Å²) in [6, 6.07) is 17.4. The molecule has 4 rings (SSSR count). The van der Waals surface area contributed by atoms with Gasteiger partial charge in [-0.15, -0.1) is 11.3 Å². The fourth-order valence-corrected chi connectivity index (χ4v) is 3.85. The number of fused-ring (bicyclic) bond motifs is 1. The minimum atomic E-state index is -0.0676. The lowest BCUT2D eigenvalue weighted by molar-refractivity contribution is -0.127. The molecule has 3 aromatic rings. The van der Waals surface area contributed by atoms with Crippen LogP contribution in [0.5, 0.6) is 17.2 Å². The second kappa shape index (κ2) is 8.84. The number of benzene rings is 2. The molecule has 1 amide bonds. The van der Waals surface area contributed by atoms with Gasteiger partial charge in [-0.2, -0.15) is 0 Å². The van der Waals surface area contributed by atoms with Crippen LogP contribution in [0.2, 0.25) is 0 Å². The van der Waals surface area contributed by atoms with Crippen molar-refractivity contribution in [2.75, 3.05) is 13.9 Å². The molecule has 1 aromatic heterocycles. The van der Waals surface area contributed by atoms with Crippen molar-refractivity contribution < 1.29 is 19.0 Å². The zero-order valence-corrected chi connectivity index (χ0v) is 16.9. The molecule has 0 aliphatic carbocycles. The van der Waals surface area contributed by atoms with E-state index in [1.54, 1.807) is 30.6 Å². The van der Waals surface area contributed by atoms with Crippen LogP contribution in [0.25, 0.3) is 6.08 Å². The van der Waals surface area contributed by atoms with E-state index >= 15 is 0 Å². The van der Waals surface area contributed by atoms with Crippen LogP contribution in [0.4, 0.5) is 0 Å². The number of rotatable bonds is 7. The molecule has 0 atom stereocenters. The molecule has 0 spiro atoms. The first-order valence-corrected chi connectivity index (χ1v) is 10.1. The summed E-state index contributed by atoms with van der Waals surface area (Å²) < 4.78 is 16.2. The second-order valence-electron chi connectivity index (χ2n) is 6.53. The summed E-state index contributed by atoms with van der Waals surface area (Å²) in [4.78, 5) is 16.0. The molecule has 29 heavy (non-hydrogen) atoms. The van der Waals surface area contributed by atoms with Gasteiger partial charge in [-0.1, -0.05) is 30.3 Å². The summed E-state index contributed by atoms with van der Waals surface area (Å²) in [6.07, 6.45) is 3.40. The molecule has 2 heterocycles. The lowest BCUT2D eigenvalue weighted by atomic mass is 10.1. The van der Waals surface area contributed by atoms with E-state index in [1.165, 1.54) is 0 Å². The van der Waals surface area contributed by atoms with Crippen molar-refractivity contribution in [2.24, 2.45) is 0 Å². The first-order chi connectivity index (χ1) is 14.2. The molecule has 0 radical (unpaired) electrons. The molecule has 2 aromatic carbocycles. The molecule has 0 unspecified atom stereocenters. The van der Waals surface area contributed by atoms with Gasteiger partial charge in [-0.3, -0.25) is 4.79 Å². The van der Waals surface area contributed by atoms with Gasteiger partial charge in [0, 0.05) is 23.1 Å². The molecular weight excluding hydrogens is 386 g/mol. The van der Waals surface area contributed by atoms with E-state index in [0.717, 1.165) is 27.5 Å². The molecule has 0 bridgehead atoms. The largest absolute Gasteiger partial charge is 0.496 e. The van der Waals surface area contributed by atoms with Crippen molar-refractivity contribution in [1.82, 2.24) is 4.90 Å². The molecule has 148 valence electrons. The van der Waals surface area contributed by atoms with Gasteiger partial charge in [0.25, 0.3) is 0 Å². The van der Waals surface area contributed by atoms with E-state index < -0.39 is 0 Å². The number of thiophene rings is 1. The fourth-order valence-electron chi connectivity index (χ4n) is 3.13.